The Hall–Kier alpha value is -1.84. The van der Waals surface area contributed by atoms with E-state index in [1.165, 1.54) is 19.3 Å². The molecule has 3 rings (SSSR count). The zero-order valence-corrected chi connectivity index (χ0v) is 11.2. The van der Waals surface area contributed by atoms with Crippen LogP contribution in [0.15, 0.2) is 22.7 Å². The van der Waals surface area contributed by atoms with Crippen LogP contribution in [0.2, 0.25) is 0 Å². The van der Waals surface area contributed by atoms with E-state index in [2.05, 4.69) is 10.1 Å². The molecule has 1 aromatic carbocycles. The minimum absolute atomic E-state index is 0.441. The second-order valence-corrected chi connectivity index (χ2v) is 5.31. The molecule has 0 radical (unpaired) electrons. The number of nitrogen functional groups attached to an aromatic ring is 1. The van der Waals surface area contributed by atoms with Gasteiger partial charge in [0.2, 0.25) is 11.7 Å². The molecule has 1 aromatic heterocycles. The third-order valence-corrected chi connectivity index (χ3v) is 4.01. The maximum absolute atomic E-state index is 5.92. The summed E-state index contributed by atoms with van der Waals surface area (Å²) in [7, 11) is 0. The molecule has 0 unspecified atom stereocenters. The van der Waals surface area contributed by atoms with Crippen LogP contribution in [0.4, 0.5) is 5.69 Å². The third kappa shape index (κ3) is 2.35. The van der Waals surface area contributed by atoms with Crippen molar-refractivity contribution in [2.24, 2.45) is 0 Å². The van der Waals surface area contributed by atoms with Gasteiger partial charge in [0.05, 0.1) is 0 Å². The van der Waals surface area contributed by atoms with Crippen LogP contribution < -0.4 is 5.73 Å². The highest BCUT2D eigenvalue weighted by Crippen LogP contribution is 2.33. The molecule has 0 atom stereocenters. The molecule has 0 saturated heterocycles. The summed E-state index contributed by atoms with van der Waals surface area (Å²) in [6, 6.07) is 5.80. The molecule has 1 saturated carbocycles. The van der Waals surface area contributed by atoms with Crippen molar-refractivity contribution in [3.63, 3.8) is 0 Å². The fourth-order valence-electron chi connectivity index (χ4n) is 2.76. The van der Waals surface area contributed by atoms with Crippen LogP contribution in [0.1, 0.15) is 49.5 Å². The lowest BCUT2D eigenvalue weighted by Gasteiger charge is -2.17. The van der Waals surface area contributed by atoms with E-state index in [-0.39, 0.29) is 0 Å². The van der Waals surface area contributed by atoms with Crippen molar-refractivity contribution in [3.05, 3.63) is 29.7 Å². The predicted molar refractivity (Wildman–Crippen MR) is 74.7 cm³/mol. The fourth-order valence-corrected chi connectivity index (χ4v) is 2.76. The van der Waals surface area contributed by atoms with Gasteiger partial charge in [0.15, 0.2) is 0 Å². The number of aromatic nitrogens is 2. The molecule has 1 heterocycles. The van der Waals surface area contributed by atoms with E-state index in [0.29, 0.717) is 11.7 Å². The summed E-state index contributed by atoms with van der Waals surface area (Å²) >= 11 is 0. The summed E-state index contributed by atoms with van der Waals surface area (Å²) in [5.41, 5.74) is 8.66. The van der Waals surface area contributed by atoms with E-state index in [9.17, 15) is 0 Å². The molecular weight excluding hydrogens is 238 g/mol. The third-order valence-electron chi connectivity index (χ3n) is 4.01. The Bertz CT molecular complexity index is 571. The topological polar surface area (TPSA) is 64.9 Å². The van der Waals surface area contributed by atoms with Crippen molar-refractivity contribution >= 4 is 5.69 Å². The minimum Gasteiger partial charge on any atom is -0.398 e. The molecule has 1 aliphatic carbocycles. The van der Waals surface area contributed by atoms with Gasteiger partial charge in [-0.3, -0.25) is 0 Å². The largest absolute Gasteiger partial charge is 0.398 e. The van der Waals surface area contributed by atoms with E-state index in [0.717, 1.165) is 35.5 Å². The van der Waals surface area contributed by atoms with Crippen LogP contribution in [0.3, 0.4) is 0 Å². The van der Waals surface area contributed by atoms with Gasteiger partial charge in [-0.15, -0.1) is 0 Å². The predicted octanol–water partition coefficient (Wildman–Crippen LogP) is 3.67. The summed E-state index contributed by atoms with van der Waals surface area (Å²) in [6.45, 7) is 1.99. The van der Waals surface area contributed by atoms with Crippen LogP contribution in [-0.4, -0.2) is 10.1 Å². The Kier molecular flexibility index (Phi) is 3.23. The molecule has 4 heteroatoms. The second kappa shape index (κ2) is 5.03. The van der Waals surface area contributed by atoms with Crippen LogP contribution in [0.5, 0.6) is 0 Å². The maximum atomic E-state index is 5.92. The molecular formula is C15H19N3O. The molecule has 1 aliphatic rings. The molecule has 0 amide bonds. The number of rotatable bonds is 2. The van der Waals surface area contributed by atoms with Crippen LogP contribution in [-0.2, 0) is 0 Å². The van der Waals surface area contributed by atoms with Gasteiger partial charge in [-0.05, 0) is 31.4 Å². The number of anilines is 1. The molecule has 4 nitrogen and oxygen atoms in total. The number of hydrogen-bond acceptors (Lipinski definition) is 4. The minimum atomic E-state index is 0.441. The highest BCUT2D eigenvalue weighted by atomic mass is 16.5. The van der Waals surface area contributed by atoms with Crippen molar-refractivity contribution in [3.8, 4) is 11.4 Å². The Morgan fingerprint density at radius 1 is 1.21 bits per heavy atom. The highest BCUT2D eigenvalue weighted by molar-refractivity contribution is 5.67. The zero-order chi connectivity index (χ0) is 13.2. The van der Waals surface area contributed by atoms with Gasteiger partial charge in [0, 0.05) is 17.2 Å². The summed E-state index contributed by atoms with van der Waals surface area (Å²) < 4.78 is 5.45. The fraction of sp³-hybridized carbons (Fsp3) is 0.467. The summed E-state index contributed by atoms with van der Waals surface area (Å²) in [5.74, 6) is 1.89. The normalized spacial score (nSPS) is 16.7. The molecule has 0 spiro atoms. The molecule has 1 fully saturated rings. The molecule has 19 heavy (non-hydrogen) atoms. The second-order valence-electron chi connectivity index (χ2n) is 5.31. The van der Waals surface area contributed by atoms with Crippen LogP contribution in [0.25, 0.3) is 11.4 Å². The van der Waals surface area contributed by atoms with Gasteiger partial charge >= 0.3 is 0 Å². The summed E-state index contributed by atoms with van der Waals surface area (Å²) in [5, 5.41) is 4.12. The number of nitrogens with zero attached hydrogens (tertiary/aromatic N) is 2. The SMILES string of the molecule is Cc1c(N)cccc1-c1noc(C2CCCCC2)n1. The van der Waals surface area contributed by atoms with E-state index < -0.39 is 0 Å². The Morgan fingerprint density at radius 3 is 2.79 bits per heavy atom. The van der Waals surface area contributed by atoms with E-state index >= 15 is 0 Å². The molecule has 2 N–H and O–H groups in total. The van der Waals surface area contributed by atoms with E-state index in [4.69, 9.17) is 10.3 Å². The van der Waals surface area contributed by atoms with E-state index in [1.54, 1.807) is 0 Å². The van der Waals surface area contributed by atoms with Gasteiger partial charge in [0.1, 0.15) is 0 Å². The van der Waals surface area contributed by atoms with Gasteiger partial charge in [-0.25, -0.2) is 0 Å². The van der Waals surface area contributed by atoms with Crippen molar-refractivity contribution in [1.29, 1.82) is 0 Å². The first-order valence-electron chi connectivity index (χ1n) is 6.95. The molecule has 0 aliphatic heterocycles. The van der Waals surface area contributed by atoms with Gasteiger partial charge in [-0.2, -0.15) is 4.98 Å². The summed E-state index contributed by atoms with van der Waals surface area (Å²) in [4.78, 5) is 4.57. The Labute approximate surface area is 113 Å². The van der Waals surface area contributed by atoms with Crippen LogP contribution >= 0.6 is 0 Å². The van der Waals surface area contributed by atoms with E-state index in [1.807, 2.05) is 25.1 Å². The molecule has 2 aromatic rings. The van der Waals surface area contributed by atoms with Gasteiger partial charge in [0.25, 0.3) is 0 Å². The van der Waals surface area contributed by atoms with Crippen molar-refractivity contribution in [2.45, 2.75) is 44.9 Å². The standard InChI is InChI=1S/C15H19N3O/c1-10-12(8-5-9-13(10)16)14-17-15(19-18-14)11-6-3-2-4-7-11/h5,8-9,11H,2-4,6-7,16H2,1H3. The highest BCUT2D eigenvalue weighted by Gasteiger charge is 2.22. The average Bonchev–Trinajstić information content (AvgIpc) is 2.92. The zero-order valence-electron chi connectivity index (χ0n) is 11.2. The Morgan fingerprint density at radius 2 is 2.00 bits per heavy atom. The average molecular weight is 257 g/mol. The monoisotopic (exact) mass is 257 g/mol. The van der Waals surface area contributed by atoms with Crippen molar-refractivity contribution < 1.29 is 4.52 Å². The lowest BCUT2D eigenvalue weighted by Crippen LogP contribution is -2.04. The quantitative estimate of drug-likeness (QED) is 0.833. The molecule has 0 bridgehead atoms. The Balaban J connectivity index is 1.90. The van der Waals surface area contributed by atoms with Crippen molar-refractivity contribution in [2.75, 3.05) is 5.73 Å². The van der Waals surface area contributed by atoms with Gasteiger partial charge < -0.3 is 10.3 Å². The summed E-state index contributed by atoms with van der Waals surface area (Å²) in [6.07, 6.45) is 6.18. The smallest absolute Gasteiger partial charge is 0.230 e. The van der Waals surface area contributed by atoms with Gasteiger partial charge in [-0.1, -0.05) is 36.6 Å². The first-order valence-corrected chi connectivity index (χ1v) is 6.95. The number of benzene rings is 1. The molecule has 100 valence electrons. The lowest BCUT2D eigenvalue weighted by atomic mass is 9.89. The van der Waals surface area contributed by atoms with Crippen molar-refractivity contribution in [1.82, 2.24) is 10.1 Å². The number of hydrogen-bond donors (Lipinski definition) is 1. The maximum Gasteiger partial charge on any atom is 0.230 e. The van der Waals surface area contributed by atoms with Crippen LogP contribution in [0, 0.1) is 6.92 Å². The first kappa shape index (κ1) is 12.2. The first-order chi connectivity index (χ1) is 9.25. The lowest BCUT2D eigenvalue weighted by molar-refractivity contribution is 0.314. The number of nitrogens with two attached hydrogens (primary N) is 1.